The highest BCUT2D eigenvalue weighted by Crippen LogP contribution is 2.01. The maximum Gasteiger partial charge on any atom is -0.00233 e. The molecule has 0 bridgehead atoms. The second-order valence-electron chi connectivity index (χ2n) is 5.85. The number of hydrogen-bond donors (Lipinski definition) is 2. The van der Waals surface area contributed by atoms with Gasteiger partial charge in [-0.05, 0) is 50.9 Å². The number of unbranched alkanes of at least 4 members (excludes halogenated alkanes) is 3. The van der Waals surface area contributed by atoms with E-state index in [4.69, 9.17) is 0 Å². The average Bonchev–Trinajstić information content (AvgIpc) is 2.40. The van der Waals surface area contributed by atoms with Crippen molar-refractivity contribution in [1.82, 2.24) is 10.6 Å². The molecule has 0 aliphatic heterocycles. The fourth-order valence-corrected chi connectivity index (χ4v) is 1.84. The lowest BCUT2D eigenvalue weighted by Gasteiger charge is -2.10. The Labute approximate surface area is 115 Å². The van der Waals surface area contributed by atoms with Crippen molar-refractivity contribution in [3.05, 3.63) is 0 Å². The zero-order valence-corrected chi connectivity index (χ0v) is 13.2. The summed E-state index contributed by atoms with van der Waals surface area (Å²) < 4.78 is 0. The minimum absolute atomic E-state index is 0.828. The third-order valence-corrected chi connectivity index (χ3v) is 3.84. The lowest BCUT2D eigenvalue weighted by molar-refractivity contribution is 0.475. The normalized spacial score (nSPS) is 14.7. The number of hydrogen-bond acceptors (Lipinski definition) is 2. The first-order valence-corrected chi connectivity index (χ1v) is 8.12. The molecule has 2 nitrogen and oxygen atoms in total. The maximum absolute atomic E-state index is 3.55. The van der Waals surface area contributed by atoms with Gasteiger partial charge in [0.25, 0.3) is 0 Å². The summed E-state index contributed by atoms with van der Waals surface area (Å²) in [5, 5.41) is 7.09. The highest BCUT2D eigenvalue weighted by molar-refractivity contribution is 4.57. The first-order chi connectivity index (χ1) is 8.70. The zero-order chi connectivity index (χ0) is 13.6. The molecule has 2 atom stereocenters. The Morgan fingerprint density at radius 1 is 0.667 bits per heavy atom. The molecule has 110 valence electrons. The Morgan fingerprint density at radius 2 is 1.06 bits per heavy atom. The third-order valence-electron chi connectivity index (χ3n) is 3.84. The van der Waals surface area contributed by atoms with Crippen molar-refractivity contribution in [2.24, 2.45) is 11.8 Å². The Kier molecular flexibility index (Phi) is 13.3. The van der Waals surface area contributed by atoms with Gasteiger partial charge in [0.05, 0.1) is 0 Å². The predicted octanol–water partition coefficient (Wildman–Crippen LogP) is 3.82. The van der Waals surface area contributed by atoms with E-state index in [0.717, 1.165) is 11.8 Å². The van der Waals surface area contributed by atoms with Crippen LogP contribution in [0.1, 0.15) is 66.2 Å². The summed E-state index contributed by atoms with van der Waals surface area (Å²) in [4.78, 5) is 0. The van der Waals surface area contributed by atoms with Crippen LogP contribution in [-0.2, 0) is 0 Å². The number of rotatable bonds is 13. The lowest BCUT2D eigenvalue weighted by atomic mass is 10.1. The fourth-order valence-electron chi connectivity index (χ4n) is 1.84. The summed E-state index contributed by atoms with van der Waals surface area (Å²) in [6, 6.07) is 0. The van der Waals surface area contributed by atoms with Crippen LogP contribution in [0.5, 0.6) is 0 Å². The Balaban J connectivity index is 3.03. The molecule has 0 aromatic heterocycles. The van der Waals surface area contributed by atoms with Crippen LogP contribution in [0.2, 0.25) is 0 Å². The Hall–Kier alpha value is -0.0800. The van der Waals surface area contributed by atoms with Crippen molar-refractivity contribution in [3.63, 3.8) is 0 Å². The van der Waals surface area contributed by atoms with Gasteiger partial charge in [-0.15, -0.1) is 0 Å². The Morgan fingerprint density at radius 3 is 1.39 bits per heavy atom. The van der Waals surface area contributed by atoms with E-state index in [1.807, 2.05) is 0 Å². The van der Waals surface area contributed by atoms with Crippen molar-refractivity contribution in [3.8, 4) is 0 Å². The molecule has 2 heteroatoms. The van der Waals surface area contributed by atoms with E-state index in [1.165, 1.54) is 64.7 Å². The predicted molar refractivity (Wildman–Crippen MR) is 83.1 cm³/mol. The molecule has 0 aliphatic carbocycles. The molecule has 0 aromatic rings. The molecular formula is C16H36N2. The topological polar surface area (TPSA) is 24.1 Å². The number of nitrogens with one attached hydrogen (secondary N) is 2. The van der Waals surface area contributed by atoms with Crippen LogP contribution in [-0.4, -0.2) is 26.2 Å². The van der Waals surface area contributed by atoms with E-state index in [2.05, 4.69) is 38.3 Å². The maximum atomic E-state index is 3.55. The van der Waals surface area contributed by atoms with Gasteiger partial charge in [-0.25, -0.2) is 0 Å². The molecule has 0 saturated carbocycles. The summed E-state index contributed by atoms with van der Waals surface area (Å²) in [5.41, 5.74) is 0. The van der Waals surface area contributed by atoms with Gasteiger partial charge >= 0.3 is 0 Å². The standard InChI is InChI=1S/C16H36N2/c1-5-15(3)13-17-11-9-7-8-10-12-18-14-16(4)6-2/h15-18H,5-14H2,1-4H3. The van der Waals surface area contributed by atoms with Gasteiger partial charge in [0.1, 0.15) is 0 Å². The molecule has 0 fully saturated rings. The van der Waals surface area contributed by atoms with Crippen molar-refractivity contribution in [2.75, 3.05) is 26.2 Å². The van der Waals surface area contributed by atoms with Gasteiger partial charge < -0.3 is 10.6 Å². The van der Waals surface area contributed by atoms with Crippen molar-refractivity contribution in [1.29, 1.82) is 0 Å². The smallest absolute Gasteiger partial charge is 0.00233 e. The molecule has 18 heavy (non-hydrogen) atoms. The highest BCUT2D eigenvalue weighted by atomic mass is 14.9. The van der Waals surface area contributed by atoms with Gasteiger partial charge in [0, 0.05) is 0 Å². The molecular weight excluding hydrogens is 220 g/mol. The van der Waals surface area contributed by atoms with E-state index >= 15 is 0 Å². The first kappa shape index (κ1) is 17.9. The van der Waals surface area contributed by atoms with E-state index in [9.17, 15) is 0 Å². The average molecular weight is 256 g/mol. The van der Waals surface area contributed by atoms with Gasteiger partial charge in [0.2, 0.25) is 0 Å². The SMILES string of the molecule is CCC(C)CNCCCCCCNCC(C)CC. The van der Waals surface area contributed by atoms with Crippen LogP contribution < -0.4 is 10.6 Å². The molecule has 0 amide bonds. The van der Waals surface area contributed by atoms with Crippen LogP contribution in [0.15, 0.2) is 0 Å². The van der Waals surface area contributed by atoms with E-state index in [1.54, 1.807) is 0 Å². The van der Waals surface area contributed by atoms with Gasteiger partial charge in [-0.1, -0.05) is 53.4 Å². The first-order valence-electron chi connectivity index (χ1n) is 8.12. The molecule has 0 heterocycles. The van der Waals surface area contributed by atoms with Gasteiger partial charge in [-0.2, -0.15) is 0 Å². The van der Waals surface area contributed by atoms with Gasteiger partial charge in [-0.3, -0.25) is 0 Å². The lowest BCUT2D eigenvalue weighted by Crippen LogP contribution is -2.22. The van der Waals surface area contributed by atoms with Crippen LogP contribution in [0.4, 0.5) is 0 Å². The van der Waals surface area contributed by atoms with Crippen molar-refractivity contribution >= 4 is 0 Å². The second kappa shape index (κ2) is 13.4. The molecule has 0 spiro atoms. The van der Waals surface area contributed by atoms with E-state index in [0.29, 0.717) is 0 Å². The van der Waals surface area contributed by atoms with Crippen molar-refractivity contribution in [2.45, 2.75) is 66.2 Å². The van der Waals surface area contributed by atoms with Crippen LogP contribution >= 0.6 is 0 Å². The summed E-state index contributed by atoms with van der Waals surface area (Å²) in [6.07, 6.45) is 7.99. The van der Waals surface area contributed by atoms with E-state index < -0.39 is 0 Å². The second-order valence-corrected chi connectivity index (χ2v) is 5.85. The minimum Gasteiger partial charge on any atom is -0.316 e. The Bertz CT molecular complexity index is 141. The largest absolute Gasteiger partial charge is 0.316 e. The molecule has 0 aromatic carbocycles. The quantitative estimate of drug-likeness (QED) is 0.490. The zero-order valence-electron chi connectivity index (χ0n) is 13.2. The molecule has 0 rings (SSSR count). The van der Waals surface area contributed by atoms with Crippen LogP contribution in [0, 0.1) is 11.8 Å². The van der Waals surface area contributed by atoms with Gasteiger partial charge in [0.15, 0.2) is 0 Å². The summed E-state index contributed by atoms with van der Waals surface area (Å²) in [5.74, 6) is 1.66. The highest BCUT2D eigenvalue weighted by Gasteiger charge is 1.98. The van der Waals surface area contributed by atoms with Crippen molar-refractivity contribution < 1.29 is 0 Å². The summed E-state index contributed by atoms with van der Waals surface area (Å²) in [7, 11) is 0. The molecule has 2 unspecified atom stereocenters. The summed E-state index contributed by atoms with van der Waals surface area (Å²) in [6.45, 7) is 13.9. The third kappa shape index (κ3) is 12.4. The minimum atomic E-state index is 0.828. The molecule has 0 saturated heterocycles. The molecule has 0 aliphatic rings. The molecule has 0 radical (unpaired) electrons. The summed E-state index contributed by atoms with van der Waals surface area (Å²) >= 11 is 0. The van der Waals surface area contributed by atoms with E-state index in [-0.39, 0.29) is 0 Å². The fraction of sp³-hybridized carbons (Fsp3) is 1.00. The monoisotopic (exact) mass is 256 g/mol. The van der Waals surface area contributed by atoms with Crippen LogP contribution in [0.3, 0.4) is 0 Å². The van der Waals surface area contributed by atoms with Crippen LogP contribution in [0.25, 0.3) is 0 Å². The molecule has 2 N–H and O–H groups in total.